The van der Waals surface area contributed by atoms with Crippen LogP contribution in [0.5, 0.6) is 0 Å². The van der Waals surface area contributed by atoms with Crippen molar-refractivity contribution in [2.24, 2.45) is 0 Å². The van der Waals surface area contributed by atoms with Gasteiger partial charge in [-0.2, -0.15) is 0 Å². The predicted octanol–water partition coefficient (Wildman–Crippen LogP) is 3.01. The largest absolute Gasteiger partial charge is 0.344 e. The Balaban J connectivity index is 2.35. The topological polar surface area (TPSA) is 22.0 Å². The van der Waals surface area contributed by atoms with Crippen LogP contribution in [-0.2, 0) is 13.0 Å². The van der Waals surface area contributed by atoms with Gasteiger partial charge in [0, 0.05) is 40.5 Å². The zero-order valence-electron chi connectivity index (χ0n) is 8.82. The van der Waals surface area contributed by atoms with Crippen molar-refractivity contribution in [2.75, 3.05) is 0 Å². The maximum atomic E-state index is 11.2. The van der Waals surface area contributed by atoms with Crippen molar-refractivity contribution in [2.45, 2.75) is 24.8 Å². The van der Waals surface area contributed by atoms with Crippen molar-refractivity contribution in [3.8, 4) is 0 Å². The third-order valence-electron chi connectivity index (χ3n) is 3.32. The lowest BCUT2D eigenvalue weighted by molar-refractivity contribution is 0.112. The van der Waals surface area contributed by atoms with Gasteiger partial charge in [-0.25, -0.2) is 0 Å². The molecular weight excluding hydrogens is 222 g/mol. The number of nitrogens with zero attached hydrogens (tertiary/aromatic N) is 1. The summed E-state index contributed by atoms with van der Waals surface area (Å²) in [5.41, 5.74) is 3.08. The van der Waals surface area contributed by atoms with Crippen LogP contribution in [0.1, 0.15) is 22.5 Å². The molecule has 0 amide bonds. The summed E-state index contributed by atoms with van der Waals surface area (Å²) >= 11 is 6.17. The van der Waals surface area contributed by atoms with Crippen molar-refractivity contribution in [3.63, 3.8) is 0 Å². The summed E-state index contributed by atoms with van der Waals surface area (Å²) in [6.45, 7) is 0.915. The van der Waals surface area contributed by atoms with Gasteiger partial charge in [0.1, 0.15) is 0 Å². The van der Waals surface area contributed by atoms with Gasteiger partial charge >= 0.3 is 0 Å². The third kappa shape index (κ3) is 1.30. The first kappa shape index (κ1) is 9.91. The number of hydrogen-bond donors (Lipinski definition) is 0. The van der Waals surface area contributed by atoms with E-state index in [2.05, 4.69) is 10.6 Å². The lowest BCUT2D eigenvalue weighted by atomic mass is 10.1. The Morgan fingerprint density at radius 3 is 3.00 bits per heavy atom. The highest BCUT2D eigenvalue weighted by Crippen LogP contribution is 2.30. The molecule has 0 bridgehead atoms. The van der Waals surface area contributed by atoms with Crippen molar-refractivity contribution in [1.82, 2.24) is 4.57 Å². The summed E-state index contributed by atoms with van der Waals surface area (Å²) in [4.78, 5) is 11.2. The lowest BCUT2D eigenvalue weighted by Gasteiger charge is -2.20. The molecule has 0 aliphatic carbocycles. The average molecular weight is 234 g/mol. The molecule has 3 rings (SSSR count). The van der Waals surface area contributed by atoms with E-state index in [4.69, 9.17) is 11.6 Å². The van der Waals surface area contributed by atoms with Gasteiger partial charge in [0.25, 0.3) is 0 Å². The zero-order valence-corrected chi connectivity index (χ0v) is 9.57. The van der Waals surface area contributed by atoms with Crippen LogP contribution in [-0.4, -0.2) is 16.2 Å². The zero-order chi connectivity index (χ0) is 11.1. The number of benzene rings is 1. The van der Waals surface area contributed by atoms with E-state index in [0.717, 1.165) is 47.8 Å². The monoisotopic (exact) mass is 233 g/mol. The molecule has 0 N–H and O–H groups in total. The molecular formula is C13H12ClNO. The van der Waals surface area contributed by atoms with E-state index in [1.165, 1.54) is 0 Å². The number of para-hydroxylation sites is 1. The first-order valence-corrected chi connectivity index (χ1v) is 5.94. The number of aldehydes is 1. The first-order chi connectivity index (χ1) is 7.81. The predicted molar refractivity (Wildman–Crippen MR) is 65.3 cm³/mol. The molecule has 1 aromatic heterocycles. The molecule has 82 valence electrons. The average Bonchev–Trinajstić information content (AvgIpc) is 2.61. The second-order valence-electron chi connectivity index (χ2n) is 4.24. The van der Waals surface area contributed by atoms with Crippen LogP contribution < -0.4 is 0 Å². The van der Waals surface area contributed by atoms with Gasteiger partial charge < -0.3 is 4.57 Å². The van der Waals surface area contributed by atoms with Gasteiger partial charge in [0.2, 0.25) is 0 Å². The van der Waals surface area contributed by atoms with E-state index in [0.29, 0.717) is 0 Å². The molecule has 0 spiro atoms. The minimum Gasteiger partial charge on any atom is -0.344 e. The molecule has 1 aliphatic rings. The molecule has 0 radical (unpaired) electrons. The molecule has 2 heterocycles. The minimum absolute atomic E-state index is 0.163. The Kier molecular flexibility index (Phi) is 2.25. The Morgan fingerprint density at radius 1 is 1.38 bits per heavy atom. The summed E-state index contributed by atoms with van der Waals surface area (Å²) in [6.07, 6.45) is 2.74. The first-order valence-electron chi connectivity index (χ1n) is 5.50. The van der Waals surface area contributed by atoms with Crippen LogP contribution in [0.3, 0.4) is 0 Å². The Hall–Kier alpha value is -1.28. The van der Waals surface area contributed by atoms with Gasteiger partial charge in [0.15, 0.2) is 6.29 Å². The molecule has 1 aliphatic heterocycles. The molecule has 0 saturated carbocycles. The molecule has 1 atom stereocenters. The molecule has 1 aromatic carbocycles. The van der Waals surface area contributed by atoms with Crippen LogP contribution in [0, 0.1) is 0 Å². The molecule has 2 nitrogen and oxygen atoms in total. The van der Waals surface area contributed by atoms with Crippen LogP contribution in [0.25, 0.3) is 10.9 Å². The van der Waals surface area contributed by atoms with E-state index in [9.17, 15) is 4.79 Å². The fourth-order valence-electron chi connectivity index (χ4n) is 2.57. The standard InChI is InChI=1S/C13H12ClNO/c14-9-5-6-15-12-4-2-1-3-10(12)11(8-16)13(15)7-9/h1-4,8-9H,5-7H2. The van der Waals surface area contributed by atoms with Crippen molar-refractivity contribution >= 4 is 28.8 Å². The highest BCUT2D eigenvalue weighted by Gasteiger charge is 2.23. The Bertz CT molecular complexity index is 558. The van der Waals surface area contributed by atoms with E-state index >= 15 is 0 Å². The molecule has 0 saturated heterocycles. The van der Waals surface area contributed by atoms with Crippen LogP contribution in [0.2, 0.25) is 0 Å². The van der Waals surface area contributed by atoms with E-state index in [-0.39, 0.29) is 5.38 Å². The maximum absolute atomic E-state index is 11.2. The molecule has 0 fully saturated rings. The number of rotatable bonds is 1. The number of alkyl halides is 1. The SMILES string of the molecule is O=Cc1c2n(c3ccccc13)CCC(Cl)C2. The number of aromatic nitrogens is 1. The highest BCUT2D eigenvalue weighted by atomic mass is 35.5. The number of hydrogen-bond acceptors (Lipinski definition) is 1. The van der Waals surface area contributed by atoms with Crippen LogP contribution in [0.4, 0.5) is 0 Å². The van der Waals surface area contributed by atoms with Gasteiger partial charge in [0.05, 0.1) is 0 Å². The van der Waals surface area contributed by atoms with Gasteiger partial charge in [-0.1, -0.05) is 18.2 Å². The summed E-state index contributed by atoms with van der Waals surface area (Å²) < 4.78 is 2.23. The fourth-order valence-corrected chi connectivity index (χ4v) is 2.81. The van der Waals surface area contributed by atoms with E-state index in [1.807, 2.05) is 18.2 Å². The van der Waals surface area contributed by atoms with Crippen molar-refractivity contribution in [1.29, 1.82) is 0 Å². The van der Waals surface area contributed by atoms with Gasteiger partial charge in [-0.15, -0.1) is 11.6 Å². The van der Waals surface area contributed by atoms with Crippen LogP contribution in [0.15, 0.2) is 24.3 Å². The maximum Gasteiger partial charge on any atom is 0.152 e. The minimum atomic E-state index is 0.163. The molecule has 1 unspecified atom stereocenters. The van der Waals surface area contributed by atoms with Gasteiger partial charge in [-0.3, -0.25) is 4.79 Å². The number of halogens is 1. The lowest BCUT2D eigenvalue weighted by Crippen LogP contribution is -2.19. The summed E-state index contributed by atoms with van der Waals surface area (Å²) in [7, 11) is 0. The van der Waals surface area contributed by atoms with Crippen molar-refractivity contribution in [3.05, 3.63) is 35.5 Å². The highest BCUT2D eigenvalue weighted by molar-refractivity contribution is 6.20. The second kappa shape index (κ2) is 3.63. The van der Waals surface area contributed by atoms with Crippen molar-refractivity contribution < 1.29 is 4.79 Å². The fraction of sp³-hybridized carbons (Fsp3) is 0.308. The second-order valence-corrected chi connectivity index (χ2v) is 4.85. The van der Waals surface area contributed by atoms with E-state index < -0.39 is 0 Å². The number of carbonyl (C=O) groups is 1. The third-order valence-corrected chi connectivity index (χ3v) is 3.69. The Morgan fingerprint density at radius 2 is 2.19 bits per heavy atom. The quantitative estimate of drug-likeness (QED) is 0.548. The number of aryl methyl sites for hydroxylation is 1. The summed E-state index contributed by atoms with van der Waals surface area (Å²) in [6, 6.07) is 8.06. The molecule has 3 heteroatoms. The van der Waals surface area contributed by atoms with E-state index in [1.54, 1.807) is 0 Å². The smallest absolute Gasteiger partial charge is 0.152 e. The normalized spacial score (nSPS) is 19.7. The molecule has 2 aromatic rings. The number of fused-ring (bicyclic) bond motifs is 3. The van der Waals surface area contributed by atoms with Crippen LogP contribution >= 0.6 is 11.6 Å². The summed E-state index contributed by atoms with van der Waals surface area (Å²) in [5, 5.41) is 1.22. The Labute approximate surface area is 98.8 Å². The molecule has 16 heavy (non-hydrogen) atoms. The van der Waals surface area contributed by atoms with Gasteiger partial charge in [-0.05, 0) is 12.5 Å². The number of carbonyl (C=O) groups excluding carboxylic acids is 1. The summed E-state index contributed by atoms with van der Waals surface area (Å²) in [5.74, 6) is 0.